The van der Waals surface area contributed by atoms with Crippen LogP contribution in [0.4, 0.5) is 0 Å². The van der Waals surface area contributed by atoms with Crippen molar-refractivity contribution >= 4 is 17.7 Å². The summed E-state index contributed by atoms with van der Waals surface area (Å²) in [5.41, 5.74) is 5.53. The number of nitrogens with one attached hydrogen (secondary N) is 2. The van der Waals surface area contributed by atoms with Crippen LogP contribution in [0.2, 0.25) is 0 Å². The molecule has 1 aliphatic heterocycles. The van der Waals surface area contributed by atoms with Crippen molar-refractivity contribution < 1.29 is 4.79 Å². The molecule has 6 nitrogen and oxygen atoms in total. The summed E-state index contributed by atoms with van der Waals surface area (Å²) in [5.74, 6) is 0.768. The second kappa shape index (κ2) is 8.48. The second-order valence-corrected chi connectivity index (χ2v) is 7.82. The Balaban J connectivity index is 1.67. The molecule has 1 aliphatic rings. The molecule has 4 rings (SSSR count). The average molecular weight is 394 g/mol. The maximum Gasteiger partial charge on any atom is 0.236 e. The number of benzene rings is 2. The predicted octanol–water partition coefficient (Wildman–Crippen LogP) is 3.62. The molecule has 144 valence electrons. The number of unbranched alkanes of at least 4 members (excludes halogenated alkanes) is 1. The molecular weight excluding hydrogens is 370 g/mol. The lowest BCUT2D eigenvalue weighted by Crippen LogP contribution is -2.44. The third-order valence-electron chi connectivity index (χ3n) is 4.72. The Bertz CT molecular complexity index is 928. The van der Waals surface area contributed by atoms with Crippen molar-refractivity contribution in [1.82, 2.24) is 20.2 Å². The van der Waals surface area contributed by atoms with Crippen LogP contribution < -0.4 is 10.7 Å². The highest BCUT2D eigenvalue weighted by atomic mass is 32.2. The molecule has 0 spiro atoms. The maximum atomic E-state index is 12.9. The number of thioether (sulfide) groups is 1. The van der Waals surface area contributed by atoms with Gasteiger partial charge in [-0.3, -0.25) is 4.79 Å². The van der Waals surface area contributed by atoms with Crippen LogP contribution in [0.1, 0.15) is 31.4 Å². The molecule has 0 bridgehead atoms. The molecule has 2 N–H and O–H groups in total. The average Bonchev–Trinajstić information content (AvgIpc) is 3.17. The van der Waals surface area contributed by atoms with E-state index in [1.807, 2.05) is 65.3 Å². The van der Waals surface area contributed by atoms with E-state index in [1.54, 1.807) is 0 Å². The SMILES string of the molecule is CCCCNC(=O)[C@@H]1Sc2nnc(-c3ccccc3)n2N[C@@H]1c1ccccc1. The molecule has 7 heteroatoms. The molecule has 0 unspecified atom stereocenters. The van der Waals surface area contributed by atoms with E-state index in [2.05, 4.69) is 27.9 Å². The van der Waals surface area contributed by atoms with Crippen molar-refractivity contribution in [3.63, 3.8) is 0 Å². The summed E-state index contributed by atoms with van der Waals surface area (Å²) >= 11 is 1.46. The summed E-state index contributed by atoms with van der Waals surface area (Å²) in [6.45, 7) is 2.80. The molecule has 1 aromatic heterocycles. The smallest absolute Gasteiger partial charge is 0.236 e. The fourth-order valence-electron chi connectivity index (χ4n) is 3.23. The van der Waals surface area contributed by atoms with Crippen LogP contribution in [-0.2, 0) is 4.79 Å². The molecule has 0 radical (unpaired) electrons. The van der Waals surface area contributed by atoms with Crippen molar-refractivity contribution in [1.29, 1.82) is 0 Å². The Hall–Kier alpha value is -2.80. The fourth-order valence-corrected chi connectivity index (χ4v) is 4.33. The van der Waals surface area contributed by atoms with Gasteiger partial charge in [0.05, 0.1) is 6.04 Å². The van der Waals surface area contributed by atoms with Gasteiger partial charge in [-0.2, -0.15) is 0 Å². The van der Waals surface area contributed by atoms with Crippen molar-refractivity contribution in [2.45, 2.75) is 36.2 Å². The normalized spacial score (nSPS) is 18.2. The summed E-state index contributed by atoms with van der Waals surface area (Å²) in [7, 11) is 0. The maximum absolute atomic E-state index is 12.9. The van der Waals surface area contributed by atoms with Gasteiger partial charge < -0.3 is 10.7 Å². The number of fused-ring (bicyclic) bond motifs is 1. The molecule has 2 heterocycles. The van der Waals surface area contributed by atoms with E-state index in [1.165, 1.54) is 11.8 Å². The molecule has 3 aromatic rings. The highest BCUT2D eigenvalue weighted by Crippen LogP contribution is 2.38. The first-order chi connectivity index (χ1) is 13.8. The third-order valence-corrected chi connectivity index (χ3v) is 5.93. The molecule has 0 fully saturated rings. The van der Waals surface area contributed by atoms with Crippen molar-refractivity contribution in [3.05, 3.63) is 66.2 Å². The predicted molar refractivity (Wildman–Crippen MR) is 112 cm³/mol. The summed E-state index contributed by atoms with van der Waals surface area (Å²) in [5, 5.41) is 12.1. The molecule has 2 atom stereocenters. The van der Waals surface area contributed by atoms with E-state index in [0.29, 0.717) is 11.7 Å². The van der Waals surface area contributed by atoms with Gasteiger partial charge >= 0.3 is 0 Å². The van der Waals surface area contributed by atoms with Gasteiger partial charge in [0, 0.05) is 12.1 Å². The highest BCUT2D eigenvalue weighted by molar-refractivity contribution is 8.00. The molecule has 0 aliphatic carbocycles. The largest absolute Gasteiger partial charge is 0.355 e. The molecule has 0 saturated heterocycles. The van der Waals surface area contributed by atoms with Gasteiger partial charge in [-0.25, -0.2) is 4.68 Å². The number of amides is 1. The molecular formula is C21H23N5OS. The van der Waals surface area contributed by atoms with Gasteiger partial charge in [0.15, 0.2) is 5.82 Å². The van der Waals surface area contributed by atoms with Crippen LogP contribution in [0.3, 0.4) is 0 Å². The number of aromatic nitrogens is 3. The summed E-state index contributed by atoms with van der Waals surface area (Å²) in [4.78, 5) is 12.9. The Kier molecular flexibility index (Phi) is 5.62. The van der Waals surface area contributed by atoms with Crippen LogP contribution in [-0.4, -0.2) is 32.6 Å². The van der Waals surface area contributed by atoms with Crippen molar-refractivity contribution in [2.75, 3.05) is 12.0 Å². The summed E-state index contributed by atoms with van der Waals surface area (Å²) in [6, 6.07) is 19.8. The minimum atomic E-state index is -0.320. The topological polar surface area (TPSA) is 71.8 Å². The van der Waals surface area contributed by atoms with E-state index >= 15 is 0 Å². The van der Waals surface area contributed by atoms with Crippen molar-refractivity contribution in [2.24, 2.45) is 0 Å². The summed E-state index contributed by atoms with van der Waals surface area (Å²) in [6.07, 6.45) is 2.02. The summed E-state index contributed by atoms with van der Waals surface area (Å²) < 4.78 is 1.90. The zero-order valence-corrected chi connectivity index (χ0v) is 16.5. The standard InChI is InChI=1S/C21H23N5OS/c1-2-3-14-22-20(27)18-17(15-10-6-4-7-11-15)25-26-19(23-24-21(26)28-18)16-12-8-5-9-13-16/h4-13,17-18,25H,2-3,14H2,1H3,(H,22,27)/t17-,18-/m1/s1. The number of carbonyl (C=O) groups excluding carboxylic acids is 1. The second-order valence-electron chi connectivity index (χ2n) is 6.71. The number of nitrogens with zero attached hydrogens (tertiary/aromatic N) is 3. The Morgan fingerprint density at radius 1 is 1.11 bits per heavy atom. The molecule has 2 aromatic carbocycles. The highest BCUT2D eigenvalue weighted by Gasteiger charge is 2.37. The lowest BCUT2D eigenvalue weighted by atomic mass is 10.0. The Morgan fingerprint density at radius 3 is 2.54 bits per heavy atom. The van der Waals surface area contributed by atoms with Crippen LogP contribution in [0, 0.1) is 0 Å². The van der Waals surface area contributed by atoms with Gasteiger partial charge in [-0.1, -0.05) is 85.8 Å². The third kappa shape index (κ3) is 3.75. The van der Waals surface area contributed by atoms with Crippen LogP contribution in [0.15, 0.2) is 65.8 Å². The Morgan fingerprint density at radius 2 is 1.82 bits per heavy atom. The van der Waals surface area contributed by atoms with Gasteiger partial charge in [0.2, 0.25) is 11.1 Å². The van der Waals surface area contributed by atoms with Gasteiger partial charge in [-0.15, -0.1) is 10.2 Å². The number of carbonyl (C=O) groups is 1. The van der Waals surface area contributed by atoms with Crippen LogP contribution >= 0.6 is 11.8 Å². The number of rotatable bonds is 6. The van der Waals surface area contributed by atoms with Gasteiger partial charge in [0.25, 0.3) is 0 Å². The van der Waals surface area contributed by atoms with Crippen LogP contribution in [0.5, 0.6) is 0 Å². The zero-order chi connectivity index (χ0) is 19.3. The monoisotopic (exact) mass is 393 g/mol. The fraction of sp³-hybridized carbons (Fsp3) is 0.286. The first-order valence-corrected chi connectivity index (χ1v) is 10.4. The van der Waals surface area contributed by atoms with E-state index in [0.717, 1.165) is 29.8 Å². The molecule has 28 heavy (non-hydrogen) atoms. The van der Waals surface area contributed by atoms with Gasteiger partial charge in [-0.05, 0) is 12.0 Å². The van der Waals surface area contributed by atoms with Gasteiger partial charge in [0.1, 0.15) is 5.25 Å². The number of hydrogen-bond donors (Lipinski definition) is 2. The first kappa shape index (κ1) is 18.6. The van der Waals surface area contributed by atoms with Crippen molar-refractivity contribution in [3.8, 4) is 11.4 Å². The van der Waals surface area contributed by atoms with E-state index in [4.69, 9.17) is 0 Å². The minimum Gasteiger partial charge on any atom is -0.355 e. The molecule has 0 saturated carbocycles. The lowest BCUT2D eigenvalue weighted by molar-refractivity contribution is -0.120. The lowest BCUT2D eigenvalue weighted by Gasteiger charge is -2.33. The quantitative estimate of drug-likeness (QED) is 0.626. The molecule has 1 amide bonds. The van der Waals surface area contributed by atoms with E-state index in [9.17, 15) is 4.79 Å². The number of hydrogen-bond acceptors (Lipinski definition) is 5. The zero-order valence-electron chi connectivity index (χ0n) is 15.7. The van der Waals surface area contributed by atoms with E-state index < -0.39 is 0 Å². The van der Waals surface area contributed by atoms with Crippen LogP contribution in [0.25, 0.3) is 11.4 Å². The minimum absolute atomic E-state index is 0.0234. The Labute approximate surface area is 168 Å². The van der Waals surface area contributed by atoms with E-state index in [-0.39, 0.29) is 17.2 Å². The first-order valence-electron chi connectivity index (χ1n) is 9.54.